The molecule has 2 fully saturated rings. The summed E-state index contributed by atoms with van der Waals surface area (Å²) < 4.78 is 0. The highest BCUT2D eigenvalue weighted by Gasteiger charge is 2.31. The van der Waals surface area contributed by atoms with Crippen molar-refractivity contribution < 1.29 is 14.7 Å². The summed E-state index contributed by atoms with van der Waals surface area (Å²) in [7, 11) is 2.08. The molecule has 2 aliphatic rings. The summed E-state index contributed by atoms with van der Waals surface area (Å²) in [5, 5.41) is 8.88. The summed E-state index contributed by atoms with van der Waals surface area (Å²) in [5.74, 6) is -0.660. The van der Waals surface area contributed by atoms with E-state index in [0.717, 1.165) is 39.0 Å². The molecule has 6 heteroatoms. The summed E-state index contributed by atoms with van der Waals surface area (Å²) >= 11 is 0. The van der Waals surface area contributed by atoms with Gasteiger partial charge in [-0.15, -0.1) is 0 Å². The molecule has 2 rings (SSSR count). The lowest BCUT2D eigenvalue weighted by Crippen LogP contribution is -2.56. The average molecular weight is 283 g/mol. The first-order valence-corrected chi connectivity index (χ1v) is 7.43. The third kappa shape index (κ3) is 3.62. The number of piperidine rings is 1. The van der Waals surface area contributed by atoms with Gasteiger partial charge in [-0.3, -0.25) is 4.79 Å². The van der Waals surface area contributed by atoms with Crippen molar-refractivity contribution in [1.29, 1.82) is 0 Å². The number of amides is 2. The zero-order valence-corrected chi connectivity index (χ0v) is 12.4. The van der Waals surface area contributed by atoms with Gasteiger partial charge in [-0.1, -0.05) is 0 Å². The van der Waals surface area contributed by atoms with Crippen molar-refractivity contribution >= 4 is 12.0 Å². The van der Waals surface area contributed by atoms with Crippen molar-refractivity contribution in [1.82, 2.24) is 14.7 Å². The van der Waals surface area contributed by atoms with Crippen molar-refractivity contribution in [3.63, 3.8) is 0 Å². The first-order chi connectivity index (χ1) is 9.47. The Labute approximate surface area is 120 Å². The van der Waals surface area contributed by atoms with E-state index in [0.29, 0.717) is 12.6 Å². The second kappa shape index (κ2) is 6.43. The fourth-order valence-corrected chi connectivity index (χ4v) is 3.07. The van der Waals surface area contributed by atoms with E-state index in [9.17, 15) is 9.59 Å². The number of hydrogen-bond donors (Lipinski definition) is 1. The van der Waals surface area contributed by atoms with Crippen LogP contribution in [0, 0.1) is 5.92 Å². The maximum absolute atomic E-state index is 12.5. The van der Waals surface area contributed by atoms with Gasteiger partial charge < -0.3 is 19.8 Å². The number of likely N-dealkylation sites (N-methyl/N-ethyl adjacent to an activating group) is 1. The van der Waals surface area contributed by atoms with Gasteiger partial charge in [-0.05, 0) is 32.7 Å². The normalized spacial score (nSPS) is 28.5. The van der Waals surface area contributed by atoms with Crippen LogP contribution in [0.2, 0.25) is 0 Å². The Kier molecular flexibility index (Phi) is 4.86. The maximum atomic E-state index is 12.5. The molecule has 6 nitrogen and oxygen atoms in total. The van der Waals surface area contributed by atoms with Crippen LogP contribution in [0.25, 0.3) is 0 Å². The molecule has 0 spiro atoms. The summed E-state index contributed by atoms with van der Waals surface area (Å²) in [6, 6.07) is 0.465. The minimum absolute atomic E-state index is 0.0834. The van der Waals surface area contributed by atoms with E-state index in [1.165, 1.54) is 0 Å². The lowest BCUT2D eigenvalue weighted by molar-refractivity contribution is -0.138. The van der Waals surface area contributed by atoms with Crippen LogP contribution < -0.4 is 0 Å². The number of hydrogen-bond acceptors (Lipinski definition) is 3. The summed E-state index contributed by atoms with van der Waals surface area (Å²) in [6.45, 7) is 5.90. The average Bonchev–Trinajstić information content (AvgIpc) is 2.40. The highest BCUT2D eigenvalue weighted by molar-refractivity contribution is 5.75. The van der Waals surface area contributed by atoms with E-state index in [2.05, 4.69) is 18.9 Å². The minimum Gasteiger partial charge on any atom is -0.481 e. The Morgan fingerprint density at radius 1 is 1.15 bits per heavy atom. The largest absolute Gasteiger partial charge is 0.481 e. The van der Waals surface area contributed by atoms with Crippen molar-refractivity contribution in [2.45, 2.75) is 32.2 Å². The molecule has 2 amide bonds. The zero-order valence-electron chi connectivity index (χ0n) is 12.4. The van der Waals surface area contributed by atoms with Crippen LogP contribution in [0.4, 0.5) is 4.79 Å². The van der Waals surface area contributed by atoms with Crippen LogP contribution in [-0.2, 0) is 4.79 Å². The molecule has 2 unspecified atom stereocenters. The highest BCUT2D eigenvalue weighted by Crippen LogP contribution is 2.21. The second-order valence-electron chi connectivity index (χ2n) is 6.11. The molecular weight excluding hydrogens is 258 g/mol. The molecule has 2 aliphatic heterocycles. The number of rotatable bonds is 2. The topological polar surface area (TPSA) is 64.1 Å². The molecule has 0 aromatic heterocycles. The molecule has 2 atom stereocenters. The molecule has 2 heterocycles. The van der Waals surface area contributed by atoms with Gasteiger partial charge in [0.05, 0.1) is 0 Å². The van der Waals surface area contributed by atoms with Crippen molar-refractivity contribution in [2.24, 2.45) is 5.92 Å². The first kappa shape index (κ1) is 15.1. The third-order valence-electron chi connectivity index (χ3n) is 4.48. The van der Waals surface area contributed by atoms with E-state index in [-0.39, 0.29) is 18.4 Å². The van der Waals surface area contributed by atoms with Crippen molar-refractivity contribution in [3.05, 3.63) is 0 Å². The number of urea groups is 1. The Morgan fingerprint density at radius 2 is 1.85 bits per heavy atom. The van der Waals surface area contributed by atoms with E-state index < -0.39 is 5.97 Å². The fourth-order valence-electron chi connectivity index (χ4n) is 3.07. The predicted octanol–water partition coefficient (Wildman–Crippen LogP) is 0.929. The number of carboxylic acids is 1. The van der Waals surface area contributed by atoms with Gasteiger partial charge in [0.25, 0.3) is 0 Å². The van der Waals surface area contributed by atoms with Crippen LogP contribution in [0.5, 0.6) is 0 Å². The van der Waals surface area contributed by atoms with Gasteiger partial charge in [-0.2, -0.15) is 0 Å². The number of likely N-dealkylation sites (tertiary alicyclic amines) is 1. The van der Waals surface area contributed by atoms with Gasteiger partial charge in [0.15, 0.2) is 0 Å². The van der Waals surface area contributed by atoms with Crippen LogP contribution >= 0.6 is 0 Å². The van der Waals surface area contributed by atoms with Crippen LogP contribution in [0.3, 0.4) is 0 Å². The predicted molar refractivity (Wildman–Crippen MR) is 75.6 cm³/mol. The summed E-state index contributed by atoms with van der Waals surface area (Å²) in [5.41, 5.74) is 0. The molecule has 0 bridgehead atoms. The summed E-state index contributed by atoms with van der Waals surface area (Å²) in [4.78, 5) is 29.3. The SMILES string of the molecule is CC1CN(C(=O)N2CCCC(CC(=O)O)C2)CCN1C. The molecule has 0 aromatic carbocycles. The smallest absolute Gasteiger partial charge is 0.320 e. The van der Waals surface area contributed by atoms with Gasteiger partial charge >= 0.3 is 12.0 Å². The van der Waals surface area contributed by atoms with E-state index in [1.54, 1.807) is 0 Å². The Bertz CT molecular complexity index is 375. The van der Waals surface area contributed by atoms with Gasteiger partial charge in [0.1, 0.15) is 0 Å². The first-order valence-electron chi connectivity index (χ1n) is 7.43. The third-order valence-corrected chi connectivity index (χ3v) is 4.48. The Balaban J connectivity index is 1.90. The molecule has 0 radical (unpaired) electrons. The Hall–Kier alpha value is -1.30. The molecule has 20 heavy (non-hydrogen) atoms. The number of aliphatic carboxylic acids is 1. The molecule has 0 saturated carbocycles. The number of carboxylic acid groups (broad SMARTS) is 1. The van der Waals surface area contributed by atoms with E-state index in [1.807, 2.05) is 9.80 Å². The molecule has 0 aliphatic carbocycles. The van der Waals surface area contributed by atoms with Crippen molar-refractivity contribution in [2.75, 3.05) is 39.8 Å². The lowest BCUT2D eigenvalue weighted by atomic mass is 9.95. The molecule has 1 N–H and O–H groups in total. The van der Waals surface area contributed by atoms with Gasteiger partial charge in [-0.25, -0.2) is 4.79 Å². The number of carbonyl (C=O) groups excluding carboxylic acids is 1. The van der Waals surface area contributed by atoms with Crippen LogP contribution in [0.1, 0.15) is 26.2 Å². The number of carbonyl (C=O) groups is 2. The molecule has 2 saturated heterocycles. The fraction of sp³-hybridized carbons (Fsp3) is 0.857. The second-order valence-corrected chi connectivity index (χ2v) is 6.11. The standard InChI is InChI=1S/C14H25N3O3/c1-11-9-17(7-6-15(11)2)14(20)16-5-3-4-12(10-16)8-13(18)19/h11-12H,3-10H2,1-2H3,(H,18,19). The quantitative estimate of drug-likeness (QED) is 0.819. The van der Waals surface area contributed by atoms with Gasteiger partial charge in [0, 0.05) is 45.2 Å². The molecule has 114 valence electrons. The van der Waals surface area contributed by atoms with E-state index >= 15 is 0 Å². The highest BCUT2D eigenvalue weighted by atomic mass is 16.4. The molecular formula is C14H25N3O3. The molecule has 0 aromatic rings. The summed E-state index contributed by atoms with van der Waals surface area (Å²) in [6.07, 6.45) is 1.99. The van der Waals surface area contributed by atoms with Crippen molar-refractivity contribution in [3.8, 4) is 0 Å². The van der Waals surface area contributed by atoms with Crippen LogP contribution in [-0.4, -0.2) is 77.6 Å². The minimum atomic E-state index is -0.766. The van der Waals surface area contributed by atoms with Crippen LogP contribution in [0.15, 0.2) is 0 Å². The Morgan fingerprint density at radius 3 is 2.50 bits per heavy atom. The zero-order chi connectivity index (χ0) is 14.7. The lowest BCUT2D eigenvalue weighted by Gasteiger charge is -2.41. The maximum Gasteiger partial charge on any atom is 0.320 e. The number of nitrogens with zero attached hydrogens (tertiary/aromatic N) is 3. The monoisotopic (exact) mass is 283 g/mol. The van der Waals surface area contributed by atoms with Gasteiger partial charge in [0.2, 0.25) is 0 Å². The number of piperazine rings is 1. The van der Waals surface area contributed by atoms with E-state index in [4.69, 9.17) is 5.11 Å².